The third-order valence-corrected chi connectivity index (χ3v) is 3.54. The SMILES string of the molecule is CC(C)c1ccc(C(C)C)c(-c2ccc(O)cc2)c1. The molecular weight excluding hydrogens is 232 g/mol. The minimum absolute atomic E-state index is 0.315. The monoisotopic (exact) mass is 254 g/mol. The van der Waals surface area contributed by atoms with Crippen LogP contribution in [-0.4, -0.2) is 5.11 Å². The Morgan fingerprint density at radius 1 is 0.789 bits per heavy atom. The summed E-state index contributed by atoms with van der Waals surface area (Å²) in [4.78, 5) is 0. The molecule has 0 saturated carbocycles. The van der Waals surface area contributed by atoms with Crippen molar-refractivity contribution in [3.63, 3.8) is 0 Å². The summed E-state index contributed by atoms with van der Waals surface area (Å²) >= 11 is 0. The van der Waals surface area contributed by atoms with E-state index in [0.29, 0.717) is 17.6 Å². The van der Waals surface area contributed by atoms with Gasteiger partial charge in [0, 0.05) is 0 Å². The maximum absolute atomic E-state index is 9.42. The zero-order valence-corrected chi connectivity index (χ0v) is 12.1. The van der Waals surface area contributed by atoms with Crippen LogP contribution in [0.3, 0.4) is 0 Å². The number of rotatable bonds is 3. The molecule has 0 aromatic heterocycles. The number of hydrogen-bond donors (Lipinski definition) is 1. The summed E-state index contributed by atoms with van der Waals surface area (Å²) in [6.07, 6.45) is 0. The first kappa shape index (κ1) is 13.7. The summed E-state index contributed by atoms with van der Waals surface area (Å²) in [5.74, 6) is 1.33. The molecular formula is C18H22O. The van der Waals surface area contributed by atoms with Crippen LogP contribution in [0.2, 0.25) is 0 Å². The summed E-state index contributed by atoms with van der Waals surface area (Å²) in [7, 11) is 0. The van der Waals surface area contributed by atoms with Crippen molar-refractivity contribution < 1.29 is 5.11 Å². The van der Waals surface area contributed by atoms with Crippen LogP contribution in [0.1, 0.15) is 50.7 Å². The first-order valence-electron chi connectivity index (χ1n) is 6.92. The van der Waals surface area contributed by atoms with Gasteiger partial charge in [-0.15, -0.1) is 0 Å². The van der Waals surface area contributed by atoms with E-state index >= 15 is 0 Å². The van der Waals surface area contributed by atoms with E-state index in [0.717, 1.165) is 0 Å². The fourth-order valence-corrected chi connectivity index (χ4v) is 2.33. The van der Waals surface area contributed by atoms with Crippen molar-refractivity contribution in [1.29, 1.82) is 0 Å². The van der Waals surface area contributed by atoms with Gasteiger partial charge in [0.1, 0.15) is 5.75 Å². The minimum atomic E-state index is 0.315. The minimum Gasteiger partial charge on any atom is -0.508 e. The van der Waals surface area contributed by atoms with Gasteiger partial charge in [-0.05, 0) is 46.2 Å². The highest BCUT2D eigenvalue weighted by atomic mass is 16.3. The Hall–Kier alpha value is -1.76. The second kappa shape index (κ2) is 5.48. The molecule has 1 N–H and O–H groups in total. The van der Waals surface area contributed by atoms with Crippen molar-refractivity contribution >= 4 is 0 Å². The van der Waals surface area contributed by atoms with Crippen LogP contribution in [0.5, 0.6) is 5.75 Å². The molecule has 1 heteroatoms. The molecule has 0 fully saturated rings. The summed E-state index contributed by atoms with van der Waals surface area (Å²) < 4.78 is 0. The third kappa shape index (κ3) is 2.98. The van der Waals surface area contributed by atoms with Crippen LogP contribution in [0.15, 0.2) is 42.5 Å². The van der Waals surface area contributed by atoms with Crippen molar-refractivity contribution in [3.8, 4) is 16.9 Å². The van der Waals surface area contributed by atoms with Crippen molar-refractivity contribution in [3.05, 3.63) is 53.6 Å². The standard InChI is InChI=1S/C18H22O/c1-12(2)15-7-10-17(13(3)4)18(11-15)14-5-8-16(19)9-6-14/h5-13,19H,1-4H3. The molecule has 0 saturated heterocycles. The third-order valence-electron chi connectivity index (χ3n) is 3.54. The van der Waals surface area contributed by atoms with E-state index in [-0.39, 0.29) is 0 Å². The van der Waals surface area contributed by atoms with E-state index in [1.807, 2.05) is 12.1 Å². The Balaban J connectivity index is 2.57. The van der Waals surface area contributed by atoms with Crippen LogP contribution in [-0.2, 0) is 0 Å². The maximum atomic E-state index is 9.42. The van der Waals surface area contributed by atoms with Crippen LogP contribution >= 0.6 is 0 Å². The molecule has 0 aliphatic heterocycles. The molecule has 0 heterocycles. The fourth-order valence-electron chi connectivity index (χ4n) is 2.33. The van der Waals surface area contributed by atoms with Gasteiger partial charge >= 0.3 is 0 Å². The van der Waals surface area contributed by atoms with Gasteiger partial charge in [0.2, 0.25) is 0 Å². The molecule has 2 aromatic carbocycles. The Morgan fingerprint density at radius 2 is 1.42 bits per heavy atom. The quantitative estimate of drug-likeness (QED) is 0.787. The predicted octanol–water partition coefficient (Wildman–Crippen LogP) is 5.31. The second-order valence-electron chi connectivity index (χ2n) is 5.70. The lowest BCUT2D eigenvalue weighted by atomic mass is 9.89. The predicted molar refractivity (Wildman–Crippen MR) is 81.7 cm³/mol. The summed E-state index contributed by atoms with van der Waals surface area (Å²) in [6, 6.07) is 14.2. The lowest BCUT2D eigenvalue weighted by Gasteiger charge is -2.16. The molecule has 0 radical (unpaired) electrons. The lowest BCUT2D eigenvalue weighted by Crippen LogP contribution is -1.96. The Kier molecular flexibility index (Phi) is 3.94. The summed E-state index contributed by atoms with van der Waals surface area (Å²) in [5, 5.41) is 9.42. The maximum Gasteiger partial charge on any atom is 0.115 e. The molecule has 1 nitrogen and oxygen atoms in total. The van der Waals surface area contributed by atoms with Gasteiger partial charge in [-0.1, -0.05) is 58.0 Å². The molecule has 0 atom stereocenters. The van der Waals surface area contributed by atoms with Crippen LogP contribution in [0, 0.1) is 0 Å². The summed E-state index contributed by atoms with van der Waals surface area (Å²) in [6.45, 7) is 8.86. The Morgan fingerprint density at radius 3 is 1.95 bits per heavy atom. The Labute approximate surface area is 115 Å². The normalized spacial score (nSPS) is 11.3. The van der Waals surface area contributed by atoms with Gasteiger partial charge in [-0.3, -0.25) is 0 Å². The highest BCUT2D eigenvalue weighted by Crippen LogP contribution is 2.32. The smallest absolute Gasteiger partial charge is 0.115 e. The van der Waals surface area contributed by atoms with E-state index in [9.17, 15) is 5.11 Å². The van der Waals surface area contributed by atoms with Gasteiger partial charge in [-0.25, -0.2) is 0 Å². The van der Waals surface area contributed by atoms with Gasteiger partial charge < -0.3 is 5.11 Å². The van der Waals surface area contributed by atoms with Crippen LogP contribution in [0.4, 0.5) is 0 Å². The van der Waals surface area contributed by atoms with Gasteiger partial charge in [0.25, 0.3) is 0 Å². The van der Waals surface area contributed by atoms with E-state index in [2.05, 4.69) is 45.9 Å². The zero-order valence-electron chi connectivity index (χ0n) is 12.1. The molecule has 0 unspecified atom stereocenters. The number of phenols is 1. The van der Waals surface area contributed by atoms with E-state index < -0.39 is 0 Å². The number of benzene rings is 2. The first-order chi connectivity index (χ1) is 8.99. The van der Waals surface area contributed by atoms with E-state index in [1.165, 1.54) is 22.3 Å². The fraction of sp³-hybridized carbons (Fsp3) is 0.333. The molecule has 100 valence electrons. The van der Waals surface area contributed by atoms with Crippen LogP contribution < -0.4 is 0 Å². The molecule has 19 heavy (non-hydrogen) atoms. The Bertz CT molecular complexity index is 550. The van der Waals surface area contributed by atoms with Gasteiger partial charge in [0.05, 0.1) is 0 Å². The zero-order chi connectivity index (χ0) is 14.0. The van der Waals surface area contributed by atoms with Crippen molar-refractivity contribution in [1.82, 2.24) is 0 Å². The number of hydrogen-bond acceptors (Lipinski definition) is 1. The van der Waals surface area contributed by atoms with Crippen molar-refractivity contribution in [2.24, 2.45) is 0 Å². The molecule has 2 aromatic rings. The second-order valence-corrected chi connectivity index (χ2v) is 5.70. The lowest BCUT2D eigenvalue weighted by molar-refractivity contribution is 0.475. The highest BCUT2D eigenvalue weighted by Gasteiger charge is 2.11. The topological polar surface area (TPSA) is 20.2 Å². The van der Waals surface area contributed by atoms with Gasteiger partial charge in [0.15, 0.2) is 0 Å². The van der Waals surface area contributed by atoms with E-state index in [1.54, 1.807) is 12.1 Å². The van der Waals surface area contributed by atoms with Gasteiger partial charge in [-0.2, -0.15) is 0 Å². The van der Waals surface area contributed by atoms with Crippen molar-refractivity contribution in [2.75, 3.05) is 0 Å². The largest absolute Gasteiger partial charge is 0.508 e. The average molecular weight is 254 g/mol. The van der Waals surface area contributed by atoms with E-state index in [4.69, 9.17) is 0 Å². The van der Waals surface area contributed by atoms with Crippen LogP contribution in [0.25, 0.3) is 11.1 Å². The summed E-state index contributed by atoms with van der Waals surface area (Å²) in [5.41, 5.74) is 5.16. The molecule has 0 aliphatic carbocycles. The molecule has 0 amide bonds. The van der Waals surface area contributed by atoms with Crippen molar-refractivity contribution in [2.45, 2.75) is 39.5 Å². The average Bonchev–Trinajstić information content (AvgIpc) is 2.38. The molecule has 0 bridgehead atoms. The first-order valence-corrected chi connectivity index (χ1v) is 6.92. The highest BCUT2D eigenvalue weighted by molar-refractivity contribution is 5.69. The number of phenolic OH excluding ortho intramolecular Hbond substituents is 1. The molecule has 0 aliphatic rings. The number of aromatic hydroxyl groups is 1. The molecule has 2 rings (SSSR count). The molecule has 0 spiro atoms.